The molecule has 0 aromatic heterocycles. The number of hydrogen-bond acceptors (Lipinski definition) is 1. The normalized spacial score (nSPS) is 16.2. The van der Waals surface area contributed by atoms with Gasteiger partial charge in [-0.25, -0.2) is 0 Å². The number of hydrogen-bond donors (Lipinski definition) is 0. The molecule has 2 rings (SSSR count). The number of carbonyl (C=O) groups is 1. The smallest absolute Gasteiger partial charge is 0.255 e. The lowest BCUT2D eigenvalue weighted by Crippen LogP contribution is -2.43. The third-order valence-electron chi connectivity index (χ3n) is 3.61. The van der Waals surface area contributed by atoms with Gasteiger partial charge in [0.25, 0.3) is 5.91 Å². The van der Waals surface area contributed by atoms with E-state index in [9.17, 15) is 4.79 Å². The second-order valence-electron chi connectivity index (χ2n) is 5.22. The summed E-state index contributed by atoms with van der Waals surface area (Å²) in [5.41, 5.74) is 0.846. The largest absolute Gasteiger partial charge is 0.333 e. The zero-order valence-corrected chi connectivity index (χ0v) is 13.2. The molecule has 3 heteroatoms. The highest BCUT2D eigenvalue weighted by Gasteiger charge is 2.29. The van der Waals surface area contributed by atoms with Crippen molar-refractivity contribution in [3.8, 4) is 0 Å². The second-order valence-corrected chi connectivity index (χ2v) is 6.39. The molecule has 0 atom stereocenters. The summed E-state index contributed by atoms with van der Waals surface area (Å²) >= 11 is 2.25. The van der Waals surface area contributed by atoms with Crippen LogP contribution in [-0.4, -0.2) is 22.9 Å². The van der Waals surface area contributed by atoms with Gasteiger partial charge < -0.3 is 4.90 Å². The molecule has 98 valence electrons. The van der Waals surface area contributed by atoms with E-state index in [2.05, 4.69) is 41.3 Å². The van der Waals surface area contributed by atoms with Crippen molar-refractivity contribution in [2.75, 3.05) is 0 Å². The zero-order chi connectivity index (χ0) is 13.1. The number of halogens is 1. The van der Waals surface area contributed by atoms with Crippen LogP contribution < -0.4 is 0 Å². The lowest BCUT2D eigenvalue weighted by molar-refractivity contribution is 0.0612. The fraction of sp³-hybridized carbons (Fsp3) is 0.533. The molecule has 0 spiro atoms. The highest BCUT2D eigenvalue weighted by molar-refractivity contribution is 14.1. The minimum Gasteiger partial charge on any atom is -0.333 e. The molecule has 0 aliphatic heterocycles. The molecule has 1 aromatic rings. The molecule has 2 nitrogen and oxygen atoms in total. The maximum absolute atomic E-state index is 12.7. The highest BCUT2D eigenvalue weighted by Crippen LogP contribution is 2.27. The number of benzene rings is 1. The fourth-order valence-corrected chi connectivity index (χ4v) is 3.40. The lowest BCUT2D eigenvalue weighted by Gasteiger charge is -2.33. The molecule has 0 unspecified atom stereocenters. The van der Waals surface area contributed by atoms with Crippen LogP contribution in [0.15, 0.2) is 24.3 Å². The van der Waals surface area contributed by atoms with E-state index in [-0.39, 0.29) is 11.9 Å². The number of amides is 1. The molecule has 0 bridgehead atoms. The van der Waals surface area contributed by atoms with Gasteiger partial charge in [0.15, 0.2) is 0 Å². The monoisotopic (exact) mass is 357 g/mol. The topological polar surface area (TPSA) is 20.3 Å². The third-order valence-corrected chi connectivity index (χ3v) is 4.55. The molecule has 1 fully saturated rings. The van der Waals surface area contributed by atoms with Gasteiger partial charge in [0, 0.05) is 15.7 Å². The van der Waals surface area contributed by atoms with E-state index >= 15 is 0 Å². The van der Waals surface area contributed by atoms with Gasteiger partial charge in [-0.3, -0.25) is 4.79 Å². The molecule has 0 saturated heterocycles. The summed E-state index contributed by atoms with van der Waals surface area (Å²) < 4.78 is 1.05. The van der Waals surface area contributed by atoms with Crippen LogP contribution in [0.5, 0.6) is 0 Å². The van der Waals surface area contributed by atoms with E-state index < -0.39 is 0 Å². The molecular weight excluding hydrogens is 337 g/mol. The van der Waals surface area contributed by atoms with Crippen molar-refractivity contribution in [3.05, 3.63) is 33.4 Å². The Hall–Kier alpha value is -0.580. The molecular formula is C15H20INO. The van der Waals surface area contributed by atoms with Crippen molar-refractivity contribution in [1.82, 2.24) is 4.90 Å². The van der Waals surface area contributed by atoms with Gasteiger partial charge in [0.2, 0.25) is 0 Å². The van der Waals surface area contributed by atoms with Crippen molar-refractivity contribution in [1.29, 1.82) is 0 Å². The summed E-state index contributed by atoms with van der Waals surface area (Å²) in [6.45, 7) is 4.23. The molecule has 1 amide bonds. The Kier molecular flexibility index (Phi) is 4.65. The maximum Gasteiger partial charge on any atom is 0.255 e. The third kappa shape index (κ3) is 2.87. The van der Waals surface area contributed by atoms with Gasteiger partial charge in [-0.15, -0.1) is 0 Å². The van der Waals surface area contributed by atoms with Crippen molar-refractivity contribution < 1.29 is 4.79 Å². The van der Waals surface area contributed by atoms with Gasteiger partial charge in [-0.05, 0) is 61.4 Å². The van der Waals surface area contributed by atoms with Gasteiger partial charge in [-0.1, -0.05) is 25.0 Å². The molecule has 0 heterocycles. The Morgan fingerprint density at radius 2 is 1.89 bits per heavy atom. The summed E-state index contributed by atoms with van der Waals surface area (Å²) in [6.07, 6.45) is 4.83. The van der Waals surface area contributed by atoms with Crippen LogP contribution in [0.4, 0.5) is 0 Å². The van der Waals surface area contributed by atoms with Crippen LogP contribution in [0.1, 0.15) is 49.9 Å². The van der Waals surface area contributed by atoms with Gasteiger partial charge in [0.05, 0.1) is 5.56 Å². The van der Waals surface area contributed by atoms with E-state index in [1.54, 1.807) is 0 Å². The van der Waals surface area contributed by atoms with Crippen LogP contribution in [0, 0.1) is 3.57 Å². The summed E-state index contributed by atoms with van der Waals surface area (Å²) in [6, 6.07) is 8.58. The summed E-state index contributed by atoms with van der Waals surface area (Å²) in [7, 11) is 0. The number of nitrogens with zero attached hydrogens (tertiary/aromatic N) is 1. The fourth-order valence-electron chi connectivity index (χ4n) is 2.78. The Morgan fingerprint density at radius 1 is 1.28 bits per heavy atom. The van der Waals surface area contributed by atoms with Crippen LogP contribution in [0.25, 0.3) is 0 Å². The zero-order valence-electron chi connectivity index (χ0n) is 11.0. The van der Waals surface area contributed by atoms with Crippen LogP contribution in [0.3, 0.4) is 0 Å². The summed E-state index contributed by atoms with van der Waals surface area (Å²) in [5, 5.41) is 0. The first-order valence-corrected chi connectivity index (χ1v) is 7.76. The molecule has 18 heavy (non-hydrogen) atoms. The van der Waals surface area contributed by atoms with Crippen molar-refractivity contribution in [2.24, 2.45) is 0 Å². The Labute approximate surface area is 123 Å². The lowest BCUT2D eigenvalue weighted by atomic mass is 10.1. The predicted octanol–water partition coefficient (Wildman–Crippen LogP) is 4.08. The Bertz CT molecular complexity index is 424. The molecule has 0 N–H and O–H groups in total. The Balaban J connectivity index is 2.26. The van der Waals surface area contributed by atoms with E-state index in [0.717, 1.165) is 22.0 Å². The second kappa shape index (κ2) is 6.04. The molecule has 1 aliphatic rings. The maximum atomic E-state index is 12.7. The summed E-state index contributed by atoms with van der Waals surface area (Å²) in [4.78, 5) is 14.8. The van der Waals surface area contributed by atoms with E-state index in [0.29, 0.717) is 6.04 Å². The number of carbonyl (C=O) groups excluding carboxylic acids is 1. The first-order valence-electron chi connectivity index (χ1n) is 6.68. The van der Waals surface area contributed by atoms with Gasteiger partial charge in [-0.2, -0.15) is 0 Å². The number of rotatable bonds is 3. The van der Waals surface area contributed by atoms with Gasteiger partial charge >= 0.3 is 0 Å². The van der Waals surface area contributed by atoms with E-state index in [1.807, 2.05) is 24.3 Å². The standard InChI is InChI=1S/C15H20INO/c1-11(2)17(12-7-3-4-8-12)15(18)13-9-5-6-10-14(13)16/h5-6,9-12H,3-4,7-8H2,1-2H3. The average molecular weight is 357 g/mol. The highest BCUT2D eigenvalue weighted by atomic mass is 127. The van der Waals surface area contributed by atoms with Crippen molar-refractivity contribution in [2.45, 2.75) is 51.6 Å². The average Bonchev–Trinajstić information content (AvgIpc) is 2.82. The van der Waals surface area contributed by atoms with E-state index in [4.69, 9.17) is 0 Å². The molecule has 0 radical (unpaired) electrons. The van der Waals surface area contributed by atoms with Crippen LogP contribution in [0.2, 0.25) is 0 Å². The Morgan fingerprint density at radius 3 is 2.44 bits per heavy atom. The SMILES string of the molecule is CC(C)N(C(=O)c1ccccc1I)C1CCCC1. The van der Waals surface area contributed by atoms with Crippen LogP contribution >= 0.6 is 22.6 Å². The molecule has 1 saturated carbocycles. The predicted molar refractivity (Wildman–Crippen MR) is 82.7 cm³/mol. The summed E-state index contributed by atoms with van der Waals surface area (Å²) in [5.74, 6) is 0.196. The van der Waals surface area contributed by atoms with E-state index in [1.165, 1.54) is 12.8 Å². The quantitative estimate of drug-likeness (QED) is 0.747. The first kappa shape index (κ1) is 13.8. The molecule has 1 aliphatic carbocycles. The van der Waals surface area contributed by atoms with Gasteiger partial charge in [0.1, 0.15) is 0 Å². The minimum absolute atomic E-state index is 0.196. The van der Waals surface area contributed by atoms with Crippen molar-refractivity contribution >= 4 is 28.5 Å². The first-order chi connectivity index (χ1) is 8.61. The van der Waals surface area contributed by atoms with Crippen LogP contribution in [-0.2, 0) is 0 Å². The minimum atomic E-state index is 0.196. The molecule has 1 aromatic carbocycles. The van der Waals surface area contributed by atoms with Crippen molar-refractivity contribution in [3.63, 3.8) is 0 Å².